The van der Waals surface area contributed by atoms with Crippen molar-refractivity contribution < 1.29 is 35.2 Å². The zero-order chi connectivity index (χ0) is 25.7. The van der Waals surface area contributed by atoms with Gasteiger partial charge in [0.15, 0.2) is 0 Å². The molecule has 2 aromatic rings. The summed E-state index contributed by atoms with van der Waals surface area (Å²) in [5.41, 5.74) is -0.362. The van der Waals surface area contributed by atoms with Gasteiger partial charge in [-0.15, -0.1) is 0 Å². The van der Waals surface area contributed by atoms with Crippen LogP contribution in [0.4, 0.5) is 26.7 Å². The van der Waals surface area contributed by atoms with Crippen LogP contribution < -0.4 is 4.72 Å². The predicted octanol–water partition coefficient (Wildman–Crippen LogP) is 3.76. The molecule has 1 aliphatic heterocycles. The van der Waals surface area contributed by atoms with E-state index < -0.39 is 69.7 Å². The first kappa shape index (κ1) is 25.4. The van der Waals surface area contributed by atoms with Crippen LogP contribution in [-0.2, 0) is 16.4 Å². The number of benzene rings is 2. The quantitative estimate of drug-likeness (QED) is 0.594. The number of likely N-dealkylation sites (tertiary alicyclic amines) is 1. The van der Waals surface area contributed by atoms with Gasteiger partial charge in [0, 0.05) is 25.7 Å². The molecule has 2 atom stereocenters. The first-order valence-corrected chi connectivity index (χ1v) is 12.5. The Bertz CT molecular complexity index is 1230. The highest BCUT2D eigenvalue weighted by atomic mass is 32.2. The molecule has 4 rings (SSSR count). The molecule has 2 aliphatic rings. The molecule has 0 spiro atoms. The molecule has 0 unspecified atom stereocenters. The molecule has 1 aliphatic carbocycles. The maximum absolute atomic E-state index is 15.5. The monoisotopic (exact) mass is 517 g/mol. The van der Waals surface area contributed by atoms with Crippen LogP contribution in [0.15, 0.2) is 36.4 Å². The van der Waals surface area contributed by atoms with E-state index in [1.165, 1.54) is 32.3 Å². The molecule has 0 radical (unpaired) electrons. The zero-order valence-electron chi connectivity index (χ0n) is 18.9. The Hall–Kier alpha value is -2.73. The summed E-state index contributed by atoms with van der Waals surface area (Å²) in [5, 5.41) is -0.777. The molecule has 2 fully saturated rings. The number of hydrogen-bond acceptors (Lipinski definition) is 3. The van der Waals surface area contributed by atoms with Gasteiger partial charge in [0.2, 0.25) is 10.0 Å². The van der Waals surface area contributed by atoms with Crippen molar-refractivity contribution in [3.05, 3.63) is 59.4 Å². The summed E-state index contributed by atoms with van der Waals surface area (Å²) in [5.74, 6) is -6.36. The van der Waals surface area contributed by atoms with Gasteiger partial charge in [0.1, 0.15) is 23.5 Å². The predicted molar refractivity (Wildman–Crippen MR) is 119 cm³/mol. The number of urea groups is 1. The third kappa shape index (κ3) is 5.13. The summed E-state index contributed by atoms with van der Waals surface area (Å²) in [6, 6.07) is 2.30. The number of halogens is 5. The number of hydrogen-bond donors (Lipinski definition) is 1. The first-order valence-electron chi connectivity index (χ1n) is 10.9. The lowest BCUT2D eigenvalue weighted by Crippen LogP contribution is -2.53. The van der Waals surface area contributed by atoms with E-state index in [1.807, 2.05) is 0 Å². The van der Waals surface area contributed by atoms with Crippen LogP contribution in [0, 0.1) is 17.5 Å². The van der Waals surface area contributed by atoms with E-state index in [1.54, 1.807) is 0 Å². The summed E-state index contributed by atoms with van der Waals surface area (Å²) in [6.45, 7) is -1.05. The highest BCUT2D eigenvalue weighted by Gasteiger charge is 2.58. The van der Waals surface area contributed by atoms with Crippen molar-refractivity contribution in [3.63, 3.8) is 0 Å². The average Bonchev–Trinajstić information content (AvgIpc) is 3.57. The summed E-state index contributed by atoms with van der Waals surface area (Å²) < 4.78 is 100. The molecule has 1 saturated carbocycles. The highest BCUT2D eigenvalue weighted by molar-refractivity contribution is 7.90. The van der Waals surface area contributed by atoms with E-state index in [2.05, 4.69) is 4.72 Å². The fraction of sp³-hybridized carbons (Fsp3) is 0.435. The van der Waals surface area contributed by atoms with Gasteiger partial charge in [-0.3, -0.25) is 0 Å². The van der Waals surface area contributed by atoms with Gasteiger partial charge >= 0.3 is 6.03 Å². The van der Waals surface area contributed by atoms with Crippen LogP contribution in [0.25, 0.3) is 11.1 Å². The van der Waals surface area contributed by atoms with E-state index in [4.69, 9.17) is 0 Å². The molecule has 12 heteroatoms. The minimum absolute atomic E-state index is 0.0918. The van der Waals surface area contributed by atoms with Crippen molar-refractivity contribution in [1.29, 1.82) is 0 Å². The fourth-order valence-electron chi connectivity index (χ4n) is 4.31. The van der Waals surface area contributed by atoms with Crippen LogP contribution in [0.5, 0.6) is 0 Å². The van der Waals surface area contributed by atoms with Crippen LogP contribution in [-0.4, -0.2) is 68.1 Å². The number of alkyl halides is 2. The van der Waals surface area contributed by atoms with Crippen molar-refractivity contribution in [2.24, 2.45) is 0 Å². The standard InChI is InChI=1S/C23H24F5N3O3S/c1-30(2)22(32)31-12-23(27,28)21(29-35(33,34)17-6-7-17)19(31)10-13-4-3-5-18(20(13)26)14-8-15(24)11-16(25)9-14/h3-5,8-9,11,17,19,21,29H,6-7,10,12H2,1-2H3/t19-,21+/m0/s1. The summed E-state index contributed by atoms with van der Waals surface area (Å²) in [7, 11) is -1.35. The lowest BCUT2D eigenvalue weighted by atomic mass is 9.95. The normalized spacial score (nSPS) is 21.9. The maximum atomic E-state index is 15.5. The van der Waals surface area contributed by atoms with Crippen molar-refractivity contribution >= 4 is 16.1 Å². The van der Waals surface area contributed by atoms with Gasteiger partial charge < -0.3 is 9.80 Å². The molecular weight excluding hydrogens is 493 g/mol. The van der Waals surface area contributed by atoms with Gasteiger partial charge in [-0.25, -0.2) is 39.9 Å². The number of carbonyl (C=O) groups excluding carboxylic acids is 1. The number of nitrogens with one attached hydrogen (secondary N) is 1. The minimum Gasteiger partial charge on any atom is -0.331 e. The van der Waals surface area contributed by atoms with Gasteiger partial charge in [-0.2, -0.15) is 0 Å². The molecule has 2 amide bonds. The number of nitrogens with zero attached hydrogens (tertiary/aromatic N) is 2. The number of carbonyl (C=O) groups is 1. The SMILES string of the molecule is CN(C)C(=O)N1CC(F)(F)[C@H](NS(=O)(=O)C2CC2)[C@@H]1Cc1cccc(-c2cc(F)cc(F)c2)c1F. The van der Waals surface area contributed by atoms with E-state index in [0.717, 1.165) is 21.9 Å². The van der Waals surface area contributed by atoms with Crippen LogP contribution >= 0.6 is 0 Å². The molecule has 2 aromatic carbocycles. The van der Waals surface area contributed by atoms with Gasteiger partial charge in [0.05, 0.1) is 17.8 Å². The van der Waals surface area contributed by atoms with E-state index in [9.17, 15) is 22.0 Å². The Morgan fingerprint density at radius 2 is 1.74 bits per heavy atom. The molecule has 1 heterocycles. The Balaban J connectivity index is 1.73. The number of rotatable bonds is 6. The maximum Gasteiger partial charge on any atom is 0.320 e. The summed E-state index contributed by atoms with van der Waals surface area (Å²) >= 11 is 0. The second kappa shape index (κ2) is 9.05. The van der Waals surface area contributed by atoms with Gasteiger partial charge in [0.25, 0.3) is 5.92 Å². The molecule has 0 aromatic heterocycles. The second-order valence-electron chi connectivity index (χ2n) is 9.11. The lowest BCUT2D eigenvalue weighted by Gasteiger charge is -2.30. The van der Waals surface area contributed by atoms with Crippen LogP contribution in [0.1, 0.15) is 18.4 Å². The topological polar surface area (TPSA) is 69.7 Å². The Labute approximate surface area is 199 Å². The highest BCUT2D eigenvalue weighted by Crippen LogP contribution is 2.38. The third-order valence-electron chi connectivity index (χ3n) is 6.19. The molecular formula is C23H24F5N3O3S. The van der Waals surface area contributed by atoms with Gasteiger partial charge in [-0.05, 0) is 42.5 Å². The van der Waals surface area contributed by atoms with E-state index in [-0.39, 0.29) is 16.7 Å². The lowest BCUT2D eigenvalue weighted by molar-refractivity contribution is -0.00500. The minimum atomic E-state index is -4.07. The molecule has 1 N–H and O–H groups in total. The Morgan fingerprint density at radius 3 is 2.31 bits per heavy atom. The van der Waals surface area contributed by atoms with Crippen molar-refractivity contribution in [1.82, 2.24) is 14.5 Å². The molecule has 1 saturated heterocycles. The van der Waals surface area contributed by atoms with Crippen molar-refractivity contribution in [2.45, 2.75) is 42.5 Å². The largest absolute Gasteiger partial charge is 0.331 e. The Morgan fingerprint density at radius 1 is 1.11 bits per heavy atom. The fourth-order valence-corrected chi connectivity index (χ4v) is 5.94. The number of sulfonamides is 1. The van der Waals surface area contributed by atoms with Gasteiger partial charge in [-0.1, -0.05) is 18.2 Å². The van der Waals surface area contributed by atoms with Crippen LogP contribution in [0.3, 0.4) is 0 Å². The first-order chi connectivity index (χ1) is 16.3. The summed E-state index contributed by atoms with van der Waals surface area (Å²) in [4.78, 5) is 14.6. The van der Waals surface area contributed by atoms with Crippen molar-refractivity contribution in [2.75, 3.05) is 20.6 Å². The third-order valence-corrected chi connectivity index (χ3v) is 8.12. The number of amides is 2. The van der Waals surface area contributed by atoms with Crippen molar-refractivity contribution in [3.8, 4) is 11.1 Å². The zero-order valence-corrected chi connectivity index (χ0v) is 19.8. The van der Waals surface area contributed by atoms with E-state index in [0.29, 0.717) is 18.9 Å². The van der Waals surface area contributed by atoms with Crippen LogP contribution in [0.2, 0.25) is 0 Å². The Kier molecular flexibility index (Phi) is 6.56. The molecule has 35 heavy (non-hydrogen) atoms. The summed E-state index contributed by atoms with van der Waals surface area (Å²) in [6.07, 6.45) is 0.240. The second-order valence-corrected chi connectivity index (χ2v) is 11.1. The molecule has 190 valence electrons. The smallest absolute Gasteiger partial charge is 0.320 e. The average molecular weight is 518 g/mol. The molecule has 6 nitrogen and oxygen atoms in total. The van der Waals surface area contributed by atoms with E-state index >= 15 is 13.2 Å². The molecule has 0 bridgehead atoms.